The van der Waals surface area contributed by atoms with Crippen molar-refractivity contribution in [3.8, 4) is 5.75 Å². The molecule has 1 saturated heterocycles. The summed E-state index contributed by atoms with van der Waals surface area (Å²) in [6, 6.07) is 5.00. The summed E-state index contributed by atoms with van der Waals surface area (Å²) in [4.78, 5) is 47.2. The predicted octanol–water partition coefficient (Wildman–Crippen LogP) is 2.45. The summed E-state index contributed by atoms with van der Waals surface area (Å²) in [6.07, 6.45) is 0.174. The van der Waals surface area contributed by atoms with E-state index in [-0.39, 0.29) is 15.6 Å². The van der Waals surface area contributed by atoms with E-state index in [1.807, 2.05) is 0 Å². The molecule has 1 aliphatic rings. The molecule has 0 saturated carbocycles. The number of thiocarbonyl (C=S) groups is 1. The summed E-state index contributed by atoms with van der Waals surface area (Å²) in [5.41, 5.74) is 0.601. The lowest BCUT2D eigenvalue weighted by Gasteiger charge is -2.22. The number of rotatable bonds is 10. The fraction of sp³-hybridized carbons (Fsp3) is 0.316. The lowest BCUT2D eigenvalue weighted by molar-refractivity contribution is -0.146. The number of nitrogens with zero attached hydrogens (tertiary/aromatic N) is 1. The number of carboxylic acids is 3. The first-order valence-corrected chi connectivity index (χ1v) is 10.1. The molecule has 1 aromatic rings. The van der Waals surface area contributed by atoms with Gasteiger partial charge in [-0.05, 0) is 36.6 Å². The van der Waals surface area contributed by atoms with E-state index in [1.165, 1.54) is 6.08 Å². The monoisotopic (exact) mass is 453 g/mol. The highest BCUT2D eigenvalue weighted by molar-refractivity contribution is 8.26. The highest BCUT2D eigenvalue weighted by atomic mass is 32.2. The van der Waals surface area contributed by atoms with Gasteiger partial charge < -0.3 is 20.1 Å². The Hall–Kier alpha value is -2.92. The van der Waals surface area contributed by atoms with Gasteiger partial charge in [0.15, 0.2) is 6.10 Å². The summed E-state index contributed by atoms with van der Waals surface area (Å²) in [5, 5.41) is 27.2. The molecule has 1 fully saturated rings. The van der Waals surface area contributed by atoms with Crippen molar-refractivity contribution in [1.29, 1.82) is 0 Å². The van der Waals surface area contributed by atoms with E-state index in [9.17, 15) is 24.3 Å². The van der Waals surface area contributed by atoms with Gasteiger partial charge in [-0.25, -0.2) is 9.59 Å². The Kier molecular flexibility index (Phi) is 7.95. The lowest BCUT2D eigenvalue weighted by Crippen LogP contribution is -2.44. The molecule has 160 valence electrons. The molecule has 1 heterocycles. The van der Waals surface area contributed by atoms with Crippen LogP contribution < -0.4 is 4.74 Å². The highest BCUT2D eigenvalue weighted by Gasteiger charge is 2.40. The molecule has 0 aliphatic carbocycles. The molecule has 11 heteroatoms. The number of benzene rings is 1. The maximum atomic E-state index is 12.7. The van der Waals surface area contributed by atoms with Crippen molar-refractivity contribution in [2.75, 3.05) is 0 Å². The minimum absolute atomic E-state index is 0.0382. The first-order chi connectivity index (χ1) is 14.1. The van der Waals surface area contributed by atoms with Gasteiger partial charge in [-0.2, -0.15) is 0 Å². The van der Waals surface area contributed by atoms with Gasteiger partial charge in [0.25, 0.3) is 5.91 Å². The van der Waals surface area contributed by atoms with Crippen LogP contribution in [-0.4, -0.2) is 60.5 Å². The molecule has 2 atom stereocenters. The molecule has 0 bridgehead atoms. The van der Waals surface area contributed by atoms with Crippen LogP contribution in [0, 0.1) is 0 Å². The predicted molar refractivity (Wildman–Crippen MR) is 112 cm³/mol. The number of amides is 1. The maximum Gasteiger partial charge on any atom is 0.344 e. The van der Waals surface area contributed by atoms with Crippen LogP contribution >= 0.6 is 24.0 Å². The standard InChI is InChI=1S/C19H19NO8S2/c1-2-13(18(26)27)28-11-5-3-10(4-6-11)9-14-16(23)20(19(29)30-14)12(17(24)25)7-8-15(21)22/h3-6,9,12-13H,2,7-8H2,1H3,(H,21,22)(H,24,25)(H,26,27)/b14-9-. The van der Waals surface area contributed by atoms with Crippen molar-refractivity contribution >= 4 is 58.2 Å². The molecular weight excluding hydrogens is 434 g/mol. The molecule has 1 amide bonds. The fourth-order valence-electron chi connectivity index (χ4n) is 2.64. The molecule has 3 N–H and O–H groups in total. The molecule has 0 radical (unpaired) electrons. The third-order valence-electron chi connectivity index (χ3n) is 4.15. The van der Waals surface area contributed by atoms with Crippen molar-refractivity contribution in [3.05, 3.63) is 34.7 Å². The minimum atomic E-state index is -1.36. The zero-order valence-electron chi connectivity index (χ0n) is 15.8. The largest absolute Gasteiger partial charge is 0.481 e. The second-order valence-electron chi connectivity index (χ2n) is 6.26. The smallest absolute Gasteiger partial charge is 0.344 e. The molecule has 1 aromatic carbocycles. The van der Waals surface area contributed by atoms with Gasteiger partial charge in [-0.3, -0.25) is 14.5 Å². The summed E-state index contributed by atoms with van der Waals surface area (Å²) in [5.74, 6) is -3.83. The van der Waals surface area contributed by atoms with Crippen LogP contribution in [0.1, 0.15) is 31.7 Å². The van der Waals surface area contributed by atoms with Crippen molar-refractivity contribution in [3.63, 3.8) is 0 Å². The van der Waals surface area contributed by atoms with Gasteiger partial charge in [-0.15, -0.1) is 0 Å². The van der Waals surface area contributed by atoms with Crippen LogP contribution in [0.15, 0.2) is 29.2 Å². The highest BCUT2D eigenvalue weighted by Crippen LogP contribution is 2.35. The second-order valence-corrected chi connectivity index (χ2v) is 7.94. The van der Waals surface area contributed by atoms with Crippen molar-refractivity contribution in [1.82, 2.24) is 4.90 Å². The Labute approximate surface area is 181 Å². The number of carboxylic acid groups (broad SMARTS) is 3. The van der Waals surface area contributed by atoms with Crippen molar-refractivity contribution in [2.45, 2.75) is 38.3 Å². The molecule has 2 unspecified atom stereocenters. The summed E-state index contributed by atoms with van der Waals surface area (Å²) >= 11 is 6.06. The number of carbonyl (C=O) groups is 4. The van der Waals surface area contributed by atoms with Crippen LogP contribution in [0.25, 0.3) is 6.08 Å². The van der Waals surface area contributed by atoms with Crippen LogP contribution in [0.2, 0.25) is 0 Å². The normalized spacial score (nSPS) is 17.1. The Bertz CT molecular complexity index is 896. The SMILES string of the molecule is CCC(Oc1ccc(/C=C2\SC(=S)N(C(CCC(=O)O)C(=O)O)C2=O)cc1)C(=O)O. The molecular formula is C19H19NO8S2. The summed E-state index contributed by atoms with van der Waals surface area (Å²) in [6.45, 7) is 1.69. The molecule has 9 nitrogen and oxygen atoms in total. The van der Waals surface area contributed by atoms with Crippen molar-refractivity contribution in [2.24, 2.45) is 0 Å². The summed E-state index contributed by atoms with van der Waals surface area (Å²) < 4.78 is 5.41. The maximum absolute atomic E-state index is 12.7. The Morgan fingerprint density at radius 3 is 2.30 bits per heavy atom. The first-order valence-electron chi connectivity index (χ1n) is 8.85. The van der Waals surface area contributed by atoms with E-state index >= 15 is 0 Å². The van der Waals surface area contributed by atoms with E-state index in [4.69, 9.17) is 27.2 Å². The average molecular weight is 453 g/mol. The molecule has 2 rings (SSSR count). The Balaban J connectivity index is 2.17. The number of hydrogen-bond acceptors (Lipinski definition) is 7. The summed E-state index contributed by atoms with van der Waals surface area (Å²) in [7, 11) is 0. The number of carbonyl (C=O) groups excluding carboxylic acids is 1. The Morgan fingerprint density at radius 1 is 1.17 bits per heavy atom. The Morgan fingerprint density at radius 2 is 1.80 bits per heavy atom. The number of thioether (sulfide) groups is 1. The zero-order valence-corrected chi connectivity index (χ0v) is 17.4. The van der Waals surface area contributed by atoms with Gasteiger partial charge in [-0.1, -0.05) is 43.0 Å². The van der Waals surface area contributed by atoms with E-state index in [0.29, 0.717) is 17.7 Å². The third-order valence-corrected chi connectivity index (χ3v) is 5.48. The molecule has 1 aliphatic heterocycles. The number of ether oxygens (including phenoxy) is 1. The van der Waals surface area contributed by atoms with Gasteiger partial charge in [0.2, 0.25) is 0 Å². The van der Waals surface area contributed by atoms with Crippen LogP contribution in [-0.2, 0) is 19.2 Å². The molecule has 30 heavy (non-hydrogen) atoms. The lowest BCUT2D eigenvalue weighted by atomic mass is 10.1. The average Bonchev–Trinajstić information content (AvgIpc) is 2.94. The van der Waals surface area contributed by atoms with Gasteiger partial charge in [0.1, 0.15) is 16.1 Å². The number of hydrogen-bond donors (Lipinski definition) is 3. The second kappa shape index (κ2) is 10.2. The number of aliphatic carboxylic acids is 3. The van der Waals surface area contributed by atoms with Crippen LogP contribution in [0.3, 0.4) is 0 Å². The third kappa shape index (κ3) is 5.80. The van der Waals surface area contributed by atoms with E-state index in [2.05, 4.69) is 0 Å². The minimum Gasteiger partial charge on any atom is -0.481 e. The molecule has 0 spiro atoms. The fourth-order valence-corrected chi connectivity index (χ4v) is 4.00. The van der Waals surface area contributed by atoms with Crippen LogP contribution in [0.4, 0.5) is 0 Å². The van der Waals surface area contributed by atoms with E-state index < -0.39 is 42.4 Å². The van der Waals surface area contributed by atoms with Crippen LogP contribution in [0.5, 0.6) is 5.75 Å². The van der Waals surface area contributed by atoms with Crippen molar-refractivity contribution < 1.29 is 39.2 Å². The zero-order chi connectivity index (χ0) is 22.4. The quantitative estimate of drug-likeness (QED) is 0.357. The molecule has 0 aromatic heterocycles. The van der Waals surface area contributed by atoms with E-state index in [1.54, 1.807) is 31.2 Å². The first kappa shape index (κ1) is 23.4. The van der Waals surface area contributed by atoms with Gasteiger partial charge >= 0.3 is 17.9 Å². The topological polar surface area (TPSA) is 141 Å². The van der Waals surface area contributed by atoms with Gasteiger partial charge in [0, 0.05) is 6.42 Å². The van der Waals surface area contributed by atoms with Gasteiger partial charge in [0.05, 0.1) is 4.91 Å². The van der Waals surface area contributed by atoms with E-state index in [0.717, 1.165) is 16.7 Å².